The van der Waals surface area contributed by atoms with E-state index in [1.807, 2.05) is 6.92 Å². The first-order valence-electron chi connectivity index (χ1n) is 7.01. The molecule has 0 bridgehead atoms. The van der Waals surface area contributed by atoms with Gasteiger partial charge in [0.05, 0.1) is 0 Å². The van der Waals surface area contributed by atoms with Crippen LogP contribution in [0.1, 0.15) is 68.3 Å². The number of nitrogens with one attached hydrogen (secondary N) is 2. The molecule has 18 heavy (non-hydrogen) atoms. The maximum Gasteiger partial charge on any atom is 0.291 e. The quantitative estimate of drug-likeness (QED) is 0.864. The van der Waals surface area contributed by atoms with Gasteiger partial charge in [-0.25, -0.2) is 4.98 Å². The Morgan fingerprint density at radius 2 is 1.94 bits per heavy atom. The summed E-state index contributed by atoms with van der Waals surface area (Å²) < 4.78 is 0. The molecule has 0 unspecified atom stereocenters. The van der Waals surface area contributed by atoms with Crippen LogP contribution in [0.4, 0.5) is 0 Å². The summed E-state index contributed by atoms with van der Waals surface area (Å²) in [6.07, 6.45) is 9.25. The highest BCUT2D eigenvalue weighted by Crippen LogP contribution is 2.17. The number of carbonyl (C=O) groups is 1. The SMILES string of the molecule is CCc1nc(C(=O)NC2CCCCCCC2)n[nH]1. The predicted octanol–water partition coefficient (Wildman–Crippen LogP) is 2.21. The molecule has 2 rings (SSSR count). The Morgan fingerprint density at radius 3 is 2.56 bits per heavy atom. The third-order valence-corrected chi connectivity index (χ3v) is 3.51. The van der Waals surface area contributed by atoms with E-state index in [-0.39, 0.29) is 11.7 Å². The van der Waals surface area contributed by atoms with E-state index < -0.39 is 0 Å². The van der Waals surface area contributed by atoms with Crippen molar-refractivity contribution in [1.82, 2.24) is 20.5 Å². The summed E-state index contributed by atoms with van der Waals surface area (Å²) >= 11 is 0. The summed E-state index contributed by atoms with van der Waals surface area (Å²) in [5.74, 6) is 0.892. The molecule has 1 amide bonds. The van der Waals surface area contributed by atoms with Gasteiger partial charge >= 0.3 is 0 Å². The van der Waals surface area contributed by atoms with Crippen LogP contribution in [0.3, 0.4) is 0 Å². The van der Waals surface area contributed by atoms with Crippen molar-refractivity contribution in [3.63, 3.8) is 0 Å². The average molecular weight is 250 g/mol. The number of carbonyl (C=O) groups excluding carboxylic acids is 1. The van der Waals surface area contributed by atoms with Crippen LogP contribution >= 0.6 is 0 Å². The Labute approximate surface area is 108 Å². The zero-order valence-corrected chi connectivity index (χ0v) is 11.0. The maximum absolute atomic E-state index is 12.0. The molecule has 0 radical (unpaired) electrons. The molecule has 1 aromatic heterocycles. The molecule has 5 nitrogen and oxygen atoms in total. The van der Waals surface area contributed by atoms with Gasteiger partial charge in [-0.3, -0.25) is 9.89 Å². The van der Waals surface area contributed by atoms with Gasteiger partial charge in [-0.1, -0.05) is 39.0 Å². The monoisotopic (exact) mass is 250 g/mol. The lowest BCUT2D eigenvalue weighted by atomic mass is 9.97. The first kappa shape index (κ1) is 13.1. The molecule has 1 fully saturated rings. The van der Waals surface area contributed by atoms with Crippen LogP contribution in [-0.4, -0.2) is 27.1 Å². The zero-order valence-electron chi connectivity index (χ0n) is 11.0. The molecule has 0 spiro atoms. The topological polar surface area (TPSA) is 70.7 Å². The minimum absolute atomic E-state index is 0.142. The number of aryl methyl sites for hydroxylation is 1. The van der Waals surface area contributed by atoms with Crippen molar-refractivity contribution in [2.24, 2.45) is 0 Å². The van der Waals surface area contributed by atoms with Gasteiger partial charge in [-0.2, -0.15) is 0 Å². The van der Waals surface area contributed by atoms with Gasteiger partial charge in [0.1, 0.15) is 5.82 Å². The number of hydrogen-bond donors (Lipinski definition) is 2. The maximum atomic E-state index is 12.0. The third kappa shape index (κ3) is 3.55. The average Bonchev–Trinajstić information content (AvgIpc) is 2.81. The smallest absolute Gasteiger partial charge is 0.291 e. The van der Waals surface area contributed by atoms with Crippen molar-refractivity contribution >= 4 is 5.91 Å². The van der Waals surface area contributed by atoms with Crippen LogP contribution in [0.15, 0.2) is 0 Å². The number of rotatable bonds is 3. The Kier molecular flexibility index (Phi) is 4.73. The van der Waals surface area contributed by atoms with Crippen LogP contribution in [0, 0.1) is 0 Å². The first-order chi connectivity index (χ1) is 8.79. The van der Waals surface area contributed by atoms with E-state index in [0.717, 1.165) is 25.1 Å². The van der Waals surface area contributed by atoms with E-state index >= 15 is 0 Å². The van der Waals surface area contributed by atoms with Crippen LogP contribution in [0.5, 0.6) is 0 Å². The number of hydrogen-bond acceptors (Lipinski definition) is 3. The van der Waals surface area contributed by atoms with Gasteiger partial charge < -0.3 is 5.32 Å². The van der Waals surface area contributed by atoms with Crippen molar-refractivity contribution in [3.05, 3.63) is 11.6 Å². The van der Waals surface area contributed by atoms with Crippen LogP contribution in [0.2, 0.25) is 0 Å². The van der Waals surface area contributed by atoms with Gasteiger partial charge in [0, 0.05) is 12.5 Å². The summed E-state index contributed by atoms with van der Waals surface area (Å²) in [6.45, 7) is 1.98. The van der Waals surface area contributed by atoms with Gasteiger partial charge in [0.2, 0.25) is 5.82 Å². The molecule has 1 aliphatic rings. The van der Waals surface area contributed by atoms with Gasteiger partial charge in [-0.05, 0) is 12.8 Å². The molecule has 1 aliphatic carbocycles. The van der Waals surface area contributed by atoms with Crippen LogP contribution in [-0.2, 0) is 6.42 Å². The van der Waals surface area contributed by atoms with Gasteiger partial charge in [-0.15, -0.1) is 5.10 Å². The summed E-state index contributed by atoms with van der Waals surface area (Å²) in [4.78, 5) is 16.1. The van der Waals surface area contributed by atoms with E-state index in [0.29, 0.717) is 6.04 Å². The molecule has 0 atom stereocenters. The second-order valence-electron chi connectivity index (χ2n) is 4.97. The lowest BCUT2D eigenvalue weighted by molar-refractivity contribution is 0.0920. The number of aromatic amines is 1. The summed E-state index contributed by atoms with van der Waals surface area (Å²) in [7, 11) is 0. The third-order valence-electron chi connectivity index (χ3n) is 3.51. The second-order valence-corrected chi connectivity index (χ2v) is 4.97. The van der Waals surface area contributed by atoms with Crippen molar-refractivity contribution < 1.29 is 4.79 Å². The largest absolute Gasteiger partial charge is 0.347 e. The number of aromatic nitrogens is 3. The molecule has 5 heteroatoms. The van der Waals surface area contributed by atoms with E-state index in [9.17, 15) is 4.79 Å². The molecular formula is C13H22N4O. The Bertz CT molecular complexity index is 380. The molecular weight excluding hydrogens is 228 g/mol. The zero-order chi connectivity index (χ0) is 12.8. The lowest BCUT2D eigenvalue weighted by Crippen LogP contribution is -2.35. The highest BCUT2D eigenvalue weighted by Gasteiger charge is 2.17. The summed E-state index contributed by atoms with van der Waals surface area (Å²) in [6, 6.07) is 0.293. The van der Waals surface area contributed by atoms with Crippen molar-refractivity contribution in [1.29, 1.82) is 0 Å². The fraction of sp³-hybridized carbons (Fsp3) is 0.769. The van der Waals surface area contributed by atoms with E-state index in [2.05, 4.69) is 20.5 Å². The summed E-state index contributed by atoms with van der Waals surface area (Å²) in [5, 5.41) is 9.78. The predicted molar refractivity (Wildman–Crippen MR) is 69.3 cm³/mol. The lowest BCUT2D eigenvalue weighted by Gasteiger charge is -2.20. The van der Waals surface area contributed by atoms with Crippen molar-refractivity contribution in [2.75, 3.05) is 0 Å². The molecule has 1 saturated carbocycles. The highest BCUT2D eigenvalue weighted by atomic mass is 16.2. The van der Waals surface area contributed by atoms with Crippen LogP contribution in [0.25, 0.3) is 0 Å². The minimum atomic E-state index is -0.142. The number of nitrogens with zero attached hydrogens (tertiary/aromatic N) is 2. The fourth-order valence-corrected chi connectivity index (χ4v) is 2.41. The molecule has 100 valence electrons. The van der Waals surface area contributed by atoms with E-state index in [4.69, 9.17) is 0 Å². The highest BCUT2D eigenvalue weighted by molar-refractivity contribution is 5.90. The van der Waals surface area contributed by atoms with E-state index in [1.54, 1.807) is 0 Å². The van der Waals surface area contributed by atoms with Gasteiger partial charge in [0.15, 0.2) is 0 Å². The summed E-state index contributed by atoms with van der Waals surface area (Å²) in [5.41, 5.74) is 0. The second kappa shape index (κ2) is 6.52. The Hall–Kier alpha value is -1.39. The minimum Gasteiger partial charge on any atom is -0.347 e. The van der Waals surface area contributed by atoms with Crippen LogP contribution < -0.4 is 5.32 Å². The number of amides is 1. The molecule has 2 N–H and O–H groups in total. The molecule has 0 aromatic carbocycles. The standard InChI is InChI=1S/C13H22N4O/c1-2-11-15-12(17-16-11)13(18)14-10-8-6-4-3-5-7-9-10/h10H,2-9H2,1H3,(H,14,18)(H,15,16,17). The fourth-order valence-electron chi connectivity index (χ4n) is 2.41. The Morgan fingerprint density at radius 1 is 1.28 bits per heavy atom. The Balaban J connectivity index is 1.88. The number of H-pyrrole nitrogens is 1. The van der Waals surface area contributed by atoms with Crippen molar-refractivity contribution in [3.8, 4) is 0 Å². The normalized spacial score (nSPS) is 18.1. The van der Waals surface area contributed by atoms with E-state index in [1.165, 1.54) is 32.1 Å². The van der Waals surface area contributed by atoms with Gasteiger partial charge in [0.25, 0.3) is 5.91 Å². The first-order valence-corrected chi connectivity index (χ1v) is 7.01. The molecule has 0 saturated heterocycles. The molecule has 0 aliphatic heterocycles. The van der Waals surface area contributed by atoms with Crippen molar-refractivity contribution in [2.45, 2.75) is 64.3 Å². The molecule has 1 aromatic rings. The molecule has 1 heterocycles.